The molecule has 3 N–H and O–H groups in total. The second kappa shape index (κ2) is 5.19. The first kappa shape index (κ1) is 10.9. The van der Waals surface area contributed by atoms with Crippen molar-refractivity contribution in [3.8, 4) is 0 Å². The van der Waals surface area contributed by atoms with Gasteiger partial charge in [0.25, 0.3) is 0 Å². The lowest BCUT2D eigenvalue weighted by Crippen LogP contribution is -1.65. The van der Waals surface area contributed by atoms with Gasteiger partial charge in [0.1, 0.15) is 8.02 Å². The maximum absolute atomic E-state index is 7.56. The van der Waals surface area contributed by atoms with Gasteiger partial charge in [-0.05, 0) is 11.8 Å². The van der Waals surface area contributed by atoms with Gasteiger partial charge in [-0.3, -0.25) is 0 Å². The molecule has 0 rings (SSSR count). The molecule has 3 nitrogen and oxygen atoms in total. The molecule has 0 aromatic rings. The first-order valence-electron chi connectivity index (χ1n) is 1.02. The minimum Gasteiger partial charge on any atom is -0.325 e. The fraction of sp³-hybridized carbons (Fsp3) is 0. The van der Waals surface area contributed by atoms with E-state index >= 15 is 0 Å². The van der Waals surface area contributed by atoms with E-state index in [0.29, 0.717) is 0 Å². The van der Waals surface area contributed by atoms with Gasteiger partial charge in [0.05, 0.1) is 0 Å². The van der Waals surface area contributed by atoms with E-state index in [0.717, 1.165) is 0 Å². The minimum atomic E-state index is -3.81. The molecule has 0 aliphatic rings. The van der Waals surface area contributed by atoms with Gasteiger partial charge in [-0.2, -0.15) is 0 Å². The van der Waals surface area contributed by atoms with Crippen LogP contribution < -0.4 is 0 Å². The Morgan fingerprint density at radius 2 is 1.14 bits per heavy atom. The first-order valence-corrected chi connectivity index (χ1v) is 5.56. The smallest absolute Gasteiger partial charge is 0.319 e. The summed E-state index contributed by atoms with van der Waals surface area (Å²) < 4.78 is 0. The van der Waals surface area contributed by atoms with Crippen LogP contribution in [0.1, 0.15) is 0 Å². The molecule has 1 unspecified atom stereocenters. The zero-order valence-corrected chi connectivity index (χ0v) is 6.86. The Hall–Kier alpha value is 1.05. The van der Waals surface area contributed by atoms with Crippen molar-refractivity contribution in [3.05, 3.63) is 0 Å². The molecule has 0 aliphatic heterocycles. The van der Waals surface area contributed by atoms with Gasteiger partial charge in [0.15, 0.2) is 11.8 Å². The van der Waals surface area contributed by atoms with Crippen molar-refractivity contribution in [1.82, 2.24) is 0 Å². The highest BCUT2D eigenvalue weighted by Gasteiger charge is 1.92. The quantitative estimate of drug-likeness (QED) is 0.438. The molecule has 0 spiro atoms. The zero-order valence-electron chi connectivity index (χ0n) is 3.18. The largest absolute Gasteiger partial charge is 0.325 e. The summed E-state index contributed by atoms with van der Waals surface area (Å²) >= 11 is 7.60. The number of hydrogen-bond donors (Lipinski definition) is 3. The maximum atomic E-state index is 7.56. The summed E-state index contributed by atoms with van der Waals surface area (Å²) in [5.74, 6) is 0. The van der Waals surface area contributed by atoms with Crippen molar-refractivity contribution in [1.29, 1.82) is 0 Å². The molecule has 0 aromatic heterocycles. The Morgan fingerprint density at radius 1 is 1.14 bits per heavy atom. The van der Waals surface area contributed by atoms with Crippen molar-refractivity contribution >= 4 is 38.3 Å². The standard InChI is InChI=1S/H3O3PS.HPS/c1-4(2,3)5;1-2/h(H3,1,2,3,5);1H/p+1. The van der Waals surface area contributed by atoms with Crippen LogP contribution in [-0.4, -0.2) is 14.7 Å². The molecule has 0 saturated carbocycles. The Labute approximate surface area is 53.5 Å². The van der Waals surface area contributed by atoms with Crippen LogP contribution in [-0.2, 0) is 23.6 Å². The van der Waals surface area contributed by atoms with Gasteiger partial charge in [-0.25, -0.2) is 0 Å². The van der Waals surface area contributed by atoms with E-state index in [-0.39, 0.29) is 0 Å². The first-order chi connectivity index (χ1) is 3.00. The molecule has 0 aromatic carbocycles. The molecular formula is H5O3P2S2+. The summed E-state index contributed by atoms with van der Waals surface area (Å²) in [7, 11) is 2.00. The lowest BCUT2D eigenvalue weighted by molar-refractivity contribution is 0.363. The minimum absolute atomic E-state index is 2.00. The lowest BCUT2D eigenvalue weighted by atomic mass is 15.8. The highest BCUT2D eigenvalue weighted by molar-refractivity contribution is 8.06. The summed E-state index contributed by atoms with van der Waals surface area (Å²) in [6, 6.07) is 0. The molecule has 0 saturated heterocycles. The average Bonchev–Trinajstić information content (AvgIpc) is 1.36. The lowest BCUT2D eigenvalue weighted by Gasteiger charge is -1.88. The topological polar surface area (TPSA) is 60.7 Å². The summed E-state index contributed by atoms with van der Waals surface area (Å²) in [4.78, 5) is 22.7. The third-order valence-corrected chi connectivity index (χ3v) is 0. The van der Waals surface area contributed by atoms with Crippen molar-refractivity contribution in [2.24, 2.45) is 0 Å². The molecule has 0 amide bonds. The van der Waals surface area contributed by atoms with Crippen LogP contribution in [0.15, 0.2) is 0 Å². The van der Waals surface area contributed by atoms with Gasteiger partial charge in [0, 0.05) is 0 Å². The van der Waals surface area contributed by atoms with Crippen LogP contribution in [0.4, 0.5) is 0 Å². The van der Waals surface area contributed by atoms with Crippen molar-refractivity contribution < 1.29 is 14.7 Å². The van der Waals surface area contributed by atoms with E-state index in [9.17, 15) is 0 Å². The van der Waals surface area contributed by atoms with Crippen LogP contribution in [0.3, 0.4) is 0 Å². The Kier molecular flexibility index (Phi) is 8.11. The monoisotopic (exact) mass is 179 g/mol. The van der Waals surface area contributed by atoms with Crippen LogP contribution in [0.5, 0.6) is 0 Å². The van der Waals surface area contributed by atoms with Crippen molar-refractivity contribution in [2.45, 2.75) is 0 Å². The highest BCUT2D eigenvalue weighted by Crippen LogP contribution is 2.26. The third kappa shape index (κ3) is 163. The second-order valence-electron chi connectivity index (χ2n) is 0.513. The summed E-state index contributed by atoms with van der Waals surface area (Å²) in [6.07, 6.45) is 0. The Morgan fingerprint density at radius 3 is 1.14 bits per heavy atom. The molecule has 0 aliphatic carbocycles. The molecule has 7 heavy (non-hydrogen) atoms. The SMILES string of the molecule is OP(O)(O)=S.[PH2+]=S. The van der Waals surface area contributed by atoms with E-state index in [1.165, 1.54) is 0 Å². The van der Waals surface area contributed by atoms with Crippen LogP contribution in [0, 0.1) is 0 Å². The highest BCUT2D eigenvalue weighted by atomic mass is 32.5. The normalized spacial score (nSPS) is 9.00. The molecule has 44 valence electrons. The fourth-order valence-corrected chi connectivity index (χ4v) is 0. The average molecular weight is 179 g/mol. The zero-order chi connectivity index (χ0) is 6.50. The second-order valence-corrected chi connectivity index (χ2v) is 3.01. The van der Waals surface area contributed by atoms with Gasteiger partial charge >= 0.3 is 6.72 Å². The van der Waals surface area contributed by atoms with Gasteiger partial charge in [0.2, 0.25) is 0 Å². The molecule has 0 heterocycles. The summed E-state index contributed by atoms with van der Waals surface area (Å²) in [5.41, 5.74) is 0. The van der Waals surface area contributed by atoms with Crippen molar-refractivity contribution in [2.75, 3.05) is 0 Å². The van der Waals surface area contributed by atoms with Gasteiger partial charge in [-0.1, -0.05) is 0 Å². The molecule has 1 atom stereocenters. The number of rotatable bonds is 0. The molecule has 0 fully saturated rings. The van der Waals surface area contributed by atoms with Crippen LogP contribution >= 0.6 is 14.7 Å². The van der Waals surface area contributed by atoms with Crippen molar-refractivity contribution in [3.63, 3.8) is 0 Å². The van der Waals surface area contributed by atoms with E-state index in [2.05, 4.69) is 23.6 Å². The molecular weight excluding hydrogens is 174 g/mol. The Balaban J connectivity index is 0. The van der Waals surface area contributed by atoms with E-state index in [1.54, 1.807) is 0 Å². The van der Waals surface area contributed by atoms with E-state index < -0.39 is 6.72 Å². The third-order valence-electron chi connectivity index (χ3n) is 0. The van der Waals surface area contributed by atoms with Crippen LogP contribution in [0.25, 0.3) is 0 Å². The molecule has 7 heteroatoms. The van der Waals surface area contributed by atoms with Gasteiger partial charge in [-0.15, -0.1) is 0 Å². The predicted molar refractivity (Wildman–Crippen MR) is 38.0 cm³/mol. The van der Waals surface area contributed by atoms with E-state index in [1.807, 2.05) is 8.02 Å². The summed E-state index contributed by atoms with van der Waals surface area (Å²) in [5, 5.41) is 0. The predicted octanol–water partition coefficient (Wildman–Crippen LogP) is -0.489. The van der Waals surface area contributed by atoms with Crippen LogP contribution in [0.2, 0.25) is 0 Å². The Bertz CT molecular complexity index is 66.7. The number of hydrogen-bond acceptors (Lipinski definition) is 2. The molecule has 0 bridgehead atoms. The van der Waals surface area contributed by atoms with E-state index in [4.69, 9.17) is 14.7 Å². The molecule has 0 radical (unpaired) electrons. The van der Waals surface area contributed by atoms with Gasteiger partial charge < -0.3 is 14.7 Å². The maximum Gasteiger partial charge on any atom is 0.319 e. The fourth-order valence-electron chi connectivity index (χ4n) is 0. The summed E-state index contributed by atoms with van der Waals surface area (Å²) in [6.45, 7) is -3.81.